The first kappa shape index (κ1) is 13.3. The lowest BCUT2D eigenvalue weighted by atomic mass is 9.68. The molecule has 3 saturated carbocycles. The molecule has 3 nitrogen and oxygen atoms in total. The SMILES string of the molecule is CC(C)(CC1CC2CC1C1C3C=CC(C3)C21)S(=O)(=O)O. The molecule has 0 aliphatic heterocycles. The molecular weight excluding hydrogens is 272 g/mol. The van der Waals surface area contributed by atoms with Gasteiger partial charge in [-0.25, -0.2) is 0 Å². The summed E-state index contributed by atoms with van der Waals surface area (Å²) in [6.07, 6.45) is 9.30. The fraction of sp³-hybridized carbons (Fsp3) is 0.875. The summed E-state index contributed by atoms with van der Waals surface area (Å²) in [4.78, 5) is 0. The lowest BCUT2D eigenvalue weighted by molar-refractivity contribution is 0.137. The highest BCUT2D eigenvalue weighted by molar-refractivity contribution is 7.87. The predicted octanol–water partition coefficient (Wildman–Crippen LogP) is 3.14. The Labute approximate surface area is 121 Å². The third-order valence-electron chi connectivity index (χ3n) is 6.86. The molecule has 3 fully saturated rings. The van der Waals surface area contributed by atoms with Crippen molar-refractivity contribution in [3.63, 3.8) is 0 Å². The van der Waals surface area contributed by atoms with Gasteiger partial charge < -0.3 is 0 Å². The third kappa shape index (κ3) is 1.64. The topological polar surface area (TPSA) is 54.4 Å². The molecular formula is C16H24O3S. The maximum atomic E-state index is 11.5. The Hall–Kier alpha value is -0.350. The summed E-state index contributed by atoms with van der Waals surface area (Å²) < 4.78 is 31.5. The molecule has 112 valence electrons. The van der Waals surface area contributed by atoms with Crippen molar-refractivity contribution in [3.05, 3.63) is 12.2 Å². The van der Waals surface area contributed by atoms with E-state index in [1.54, 1.807) is 13.8 Å². The molecule has 0 aromatic carbocycles. The lowest BCUT2D eigenvalue weighted by Gasteiger charge is -2.39. The first-order valence-corrected chi connectivity index (χ1v) is 9.37. The van der Waals surface area contributed by atoms with Gasteiger partial charge in [0.1, 0.15) is 0 Å². The maximum absolute atomic E-state index is 11.5. The highest BCUT2D eigenvalue weighted by Gasteiger charge is 2.61. The quantitative estimate of drug-likeness (QED) is 0.494. The fourth-order valence-corrected chi connectivity index (χ4v) is 6.55. The van der Waals surface area contributed by atoms with Gasteiger partial charge in [-0.3, -0.25) is 4.55 Å². The van der Waals surface area contributed by atoms with Crippen molar-refractivity contribution in [2.24, 2.45) is 41.4 Å². The average Bonchev–Trinajstić information content (AvgIpc) is 3.04. The van der Waals surface area contributed by atoms with Crippen LogP contribution in [-0.4, -0.2) is 17.7 Å². The monoisotopic (exact) mass is 296 g/mol. The van der Waals surface area contributed by atoms with E-state index in [0.717, 1.165) is 29.6 Å². The molecule has 7 unspecified atom stereocenters. The smallest absolute Gasteiger partial charge is 0.270 e. The van der Waals surface area contributed by atoms with Crippen LogP contribution in [0.25, 0.3) is 0 Å². The second-order valence-corrected chi connectivity index (χ2v) is 10.3. The molecule has 0 radical (unpaired) electrons. The molecule has 0 aromatic rings. The largest absolute Gasteiger partial charge is 0.285 e. The standard InChI is InChI=1S/C16H24O3S/c1-16(2,20(17,18)19)8-12-6-11-7-13(12)15-10-4-3-9(5-10)14(11)15/h3-4,9-15H,5-8H2,1-2H3,(H,17,18,19). The van der Waals surface area contributed by atoms with Crippen LogP contribution in [0.3, 0.4) is 0 Å². The fourth-order valence-electron chi connectivity index (χ4n) is 6.12. The maximum Gasteiger partial charge on any atom is 0.270 e. The van der Waals surface area contributed by atoms with Crippen LogP contribution in [0.15, 0.2) is 12.2 Å². The van der Waals surface area contributed by atoms with E-state index < -0.39 is 14.9 Å². The van der Waals surface area contributed by atoms with E-state index >= 15 is 0 Å². The van der Waals surface area contributed by atoms with Crippen LogP contribution in [0.5, 0.6) is 0 Å². The molecule has 0 heterocycles. The number of hydrogen-bond donors (Lipinski definition) is 1. The Morgan fingerprint density at radius 2 is 1.75 bits per heavy atom. The molecule has 0 amide bonds. The molecule has 0 aromatic heterocycles. The summed E-state index contributed by atoms with van der Waals surface area (Å²) in [6, 6.07) is 0. The summed E-state index contributed by atoms with van der Waals surface area (Å²) in [5.74, 6) is 5.28. The van der Waals surface area contributed by atoms with Crippen molar-refractivity contribution < 1.29 is 13.0 Å². The molecule has 20 heavy (non-hydrogen) atoms. The molecule has 7 atom stereocenters. The minimum atomic E-state index is -3.95. The van der Waals surface area contributed by atoms with E-state index in [9.17, 15) is 13.0 Å². The highest BCUT2D eigenvalue weighted by atomic mass is 32.2. The summed E-state index contributed by atoms with van der Waals surface area (Å²) in [6.45, 7) is 3.35. The van der Waals surface area contributed by atoms with Crippen molar-refractivity contribution >= 4 is 10.1 Å². The first-order valence-electron chi connectivity index (χ1n) is 7.93. The zero-order valence-corrected chi connectivity index (χ0v) is 13.0. The van der Waals surface area contributed by atoms with Gasteiger partial charge in [-0.1, -0.05) is 12.2 Å². The molecule has 4 rings (SSSR count). The number of fused-ring (bicyclic) bond motifs is 9. The number of hydrogen-bond acceptors (Lipinski definition) is 2. The number of rotatable bonds is 3. The molecule has 1 N–H and O–H groups in total. The van der Waals surface area contributed by atoms with Gasteiger partial charge in [0.05, 0.1) is 4.75 Å². The molecule has 0 saturated heterocycles. The van der Waals surface area contributed by atoms with E-state index in [-0.39, 0.29) is 0 Å². The van der Waals surface area contributed by atoms with Crippen LogP contribution in [-0.2, 0) is 10.1 Å². The zero-order chi connectivity index (χ0) is 14.3. The average molecular weight is 296 g/mol. The lowest BCUT2D eigenvalue weighted by Crippen LogP contribution is -2.38. The van der Waals surface area contributed by atoms with E-state index in [2.05, 4.69) is 12.2 Å². The summed E-state index contributed by atoms with van der Waals surface area (Å²) >= 11 is 0. The van der Waals surface area contributed by atoms with Crippen LogP contribution in [0.4, 0.5) is 0 Å². The first-order chi connectivity index (χ1) is 9.28. The Morgan fingerprint density at radius 3 is 2.40 bits per heavy atom. The van der Waals surface area contributed by atoms with Gasteiger partial charge in [0.25, 0.3) is 10.1 Å². The van der Waals surface area contributed by atoms with Gasteiger partial charge in [-0.15, -0.1) is 0 Å². The molecule has 4 aliphatic rings. The molecule has 4 heteroatoms. The Kier molecular flexibility index (Phi) is 2.59. The van der Waals surface area contributed by atoms with Gasteiger partial charge >= 0.3 is 0 Å². The van der Waals surface area contributed by atoms with Gasteiger partial charge in [0.15, 0.2) is 0 Å². The van der Waals surface area contributed by atoms with E-state index in [4.69, 9.17) is 0 Å². The Bertz CT molecular complexity index is 562. The van der Waals surface area contributed by atoms with E-state index in [1.807, 2.05) is 0 Å². The molecule has 0 spiro atoms. The predicted molar refractivity (Wildman–Crippen MR) is 77.7 cm³/mol. The zero-order valence-electron chi connectivity index (χ0n) is 12.2. The Balaban J connectivity index is 1.55. The van der Waals surface area contributed by atoms with E-state index in [1.165, 1.54) is 19.3 Å². The van der Waals surface area contributed by atoms with Crippen LogP contribution < -0.4 is 0 Å². The molecule has 4 aliphatic carbocycles. The Morgan fingerprint density at radius 1 is 1.10 bits per heavy atom. The minimum absolute atomic E-state index is 0.492. The number of allylic oxidation sites excluding steroid dienone is 2. The minimum Gasteiger partial charge on any atom is -0.285 e. The summed E-state index contributed by atoms with van der Waals surface area (Å²) in [5, 5.41) is 0. The van der Waals surface area contributed by atoms with Crippen molar-refractivity contribution in [2.45, 2.75) is 44.3 Å². The van der Waals surface area contributed by atoms with Gasteiger partial charge in [-0.05, 0) is 81.0 Å². The molecule has 4 bridgehead atoms. The van der Waals surface area contributed by atoms with Crippen LogP contribution in [0, 0.1) is 41.4 Å². The van der Waals surface area contributed by atoms with Crippen molar-refractivity contribution in [1.82, 2.24) is 0 Å². The second kappa shape index (κ2) is 3.89. The van der Waals surface area contributed by atoms with Crippen LogP contribution in [0.2, 0.25) is 0 Å². The van der Waals surface area contributed by atoms with Gasteiger partial charge in [0, 0.05) is 0 Å². The van der Waals surface area contributed by atoms with Gasteiger partial charge in [0.2, 0.25) is 0 Å². The second-order valence-electron chi connectivity index (χ2n) is 8.20. The van der Waals surface area contributed by atoms with Crippen molar-refractivity contribution in [2.75, 3.05) is 0 Å². The van der Waals surface area contributed by atoms with Gasteiger partial charge in [-0.2, -0.15) is 8.42 Å². The normalized spacial score (nSPS) is 49.0. The summed E-state index contributed by atoms with van der Waals surface area (Å²) in [5.41, 5.74) is 0. The van der Waals surface area contributed by atoms with Crippen LogP contribution in [0.1, 0.15) is 39.5 Å². The van der Waals surface area contributed by atoms with E-state index in [0.29, 0.717) is 18.3 Å². The van der Waals surface area contributed by atoms with Crippen molar-refractivity contribution in [1.29, 1.82) is 0 Å². The van der Waals surface area contributed by atoms with Crippen LogP contribution >= 0.6 is 0 Å². The highest BCUT2D eigenvalue weighted by Crippen LogP contribution is 2.67. The van der Waals surface area contributed by atoms with Crippen molar-refractivity contribution in [3.8, 4) is 0 Å². The third-order valence-corrected chi connectivity index (χ3v) is 8.42. The summed E-state index contributed by atoms with van der Waals surface area (Å²) in [7, 11) is -3.95.